The highest BCUT2D eigenvalue weighted by atomic mass is 16.7. The van der Waals surface area contributed by atoms with Gasteiger partial charge in [0.25, 0.3) is 0 Å². The summed E-state index contributed by atoms with van der Waals surface area (Å²) in [6.07, 6.45) is 48.4. The van der Waals surface area contributed by atoms with Gasteiger partial charge in [0.05, 0.1) is 25.4 Å². The van der Waals surface area contributed by atoms with Crippen molar-refractivity contribution in [2.45, 2.75) is 339 Å². The zero-order chi connectivity index (χ0) is 47.3. The zero-order valence-corrected chi connectivity index (χ0v) is 43.0. The van der Waals surface area contributed by atoms with Gasteiger partial charge in [0, 0.05) is 6.42 Å². The van der Waals surface area contributed by atoms with Gasteiger partial charge in [0.1, 0.15) is 24.4 Å². The second-order valence-corrected chi connectivity index (χ2v) is 20.5. The highest BCUT2D eigenvalue weighted by Crippen LogP contribution is 2.23. The van der Waals surface area contributed by atoms with E-state index in [9.17, 15) is 30.3 Å². The van der Waals surface area contributed by atoms with Crippen LogP contribution in [0.15, 0.2) is 0 Å². The molecule has 0 saturated carbocycles. The van der Waals surface area contributed by atoms with Crippen molar-refractivity contribution in [2.24, 2.45) is 0 Å². The summed E-state index contributed by atoms with van der Waals surface area (Å²) in [7, 11) is 0. The van der Waals surface area contributed by atoms with E-state index in [2.05, 4.69) is 19.2 Å². The number of aliphatic hydroxyl groups excluding tert-OH is 5. The predicted molar refractivity (Wildman–Crippen MR) is 272 cm³/mol. The van der Waals surface area contributed by atoms with Crippen molar-refractivity contribution >= 4 is 5.91 Å². The Bertz CT molecular complexity index is 986. The van der Waals surface area contributed by atoms with Crippen LogP contribution >= 0.6 is 0 Å². The first-order valence-electron chi connectivity index (χ1n) is 28.7. The minimum Gasteiger partial charge on any atom is -0.394 e. The fourth-order valence-electron chi connectivity index (χ4n) is 9.64. The van der Waals surface area contributed by atoms with Gasteiger partial charge < -0.3 is 40.3 Å². The summed E-state index contributed by atoms with van der Waals surface area (Å²) in [5.74, 6) is -0.136. The molecule has 0 aromatic rings. The van der Waals surface area contributed by atoms with E-state index < -0.39 is 49.5 Å². The van der Waals surface area contributed by atoms with Gasteiger partial charge in [-0.2, -0.15) is 0 Å². The summed E-state index contributed by atoms with van der Waals surface area (Å²) in [6.45, 7) is 3.89. The van der Waals surface area contributed by atoms with Crippen molar-refractivity contribution in [3.05, 3.63) is 0 Å². The van der Waals surface area contributed by atoms with Crippen molar-refractivity contribution in [3.63, 3.8) is 0 Å². The Morgan fingerprint density at radius 2 is 0.769 bits per heavy atom. The average molecular weight is 927 g/mol. The summed E-state index contributed by atoms with van der Waals surface area (Å²) in [4.78, 5) is 13.1. The Hall–Kier alpha value is -0.810. The van der Waals surface area contributed by atoms with Crippen LogP contribution in [-0.4, -0.2) is 87.5 Å². The molecule has 0 radical (unpaired) electrons. The molecule has 1 amide bonds. The molecule has 0 aromatic carbocycles. The van der Waals surface area contributed by atoms with Gasteiger partial charge in [0.15, 0.2) is 6.29 Å². The van der Waals surface area contributed by atoms with Crippen LogP contribution in [-0.2, 0) is 14.3 Å². The SMILES string of the molecule is CCCCCCCCCCCCCCCCCCCCCCCCC(O)C(COC1OC(CO)C(O)C(O)C1O)NC(=O)CCCCCCCCCCCCCCCCCCCCCC. The van der Waals surface area contributed by atoms with Crippen LogP contribution < -0.4 is 5.32 Å². The lowest BCUT2D eigenvalue weighted by Gasteiger charge is -2.40. The molecule has 1 rings (SSSR count). The van der Waals surface area contributed by atoms with Crippen molar-refractivity contribution in [2.75, 3.05) is 13.2 Å². The molecule has 7 unspecified atom stereocenters. The smallest absolute Gasteiger partial charge is 0.220 e. The van der Waals surface area contributed by atoms with Crippen LogP contribution in [0.25, 0.3) is 0 Å². The Morgan fingerprint density at radius 3 is 1.09 bits per heavy atom. The molecule has 1 aliphatic rings. The lowest BCUT2D eigenvalue weighted by Crippen LogP contribution is -2.60. The van der Waals surface area contributed by atoms with Crippen molar-refractivity contribution in [3.8, 4) is 0 Å². The topological polar surface area (TPSA) is 149 Å². The third kappa shape index (κ3) is 36.8. The van der Waals surface area contributed by atoms with Gasteiger partial charge in [-0.15, -0.1) is 0 Å². The Labute approximate surface area is 402 Å². The fraction of sp³-hybridized carbons (Fsp3) is 0.982. The molecule has 9 nitrogen and oxygen atoms in total. The molecular weight excluding hydrogens is 815 g/mol. The Balaban J connectivity index is 2.20. The fourth-order valence-corrected chi connectivity index (χ4v) is 9.64. The molecule has 0 aromatic heterocycles. The normalized spacial score (nSPS) is 19.8. The highest BCUT2D eigenvalue weighted by Gasteiger charge is 2.44. The number of rotatable bonds is 50. The lowest BCUT2D eigenvalue weighted by atomic mass is 9.99. The molecule has 6 N–H and O–H groups in total. The zero-order valence-electron chi connectivity index (χ0n) is 43.0. The van der Waals surface area contributed by atoms with E-state index in [1.165, 1.54) is 231 Å². The number of aliphatic hydroxyl groups is 5. The number of ether oxygens (including phenoxy) is 2. The number of amides is 1. The van der Waals surface area contributed by atoms with Crippen LogP contribution in [0.1, 0.15) is 296 Å². The Morgan fingerprint density at radius 1 is 0.462 bits per heavy atom. The van der Waals surface area contributed by atoms with E-state index >= 15 is 0 Å². The number of unbranched alkanes of at least 4 members (excludes halogenated alkanes) is 40. The number of carbonyl (C=O) groups excluding carboxylic acids is 1. The van der Waals surface area contributed by atoms with Gasteiger partial charge in [-0.1, -0.05) is 277 Å². The second kappa shape index (κ2) is 46.9. The van der Waals surface area contributed by atoms with Crippen molar-refractivity contribution in [1.82, 2.24) is 5.32 Å². The first-order valence-corrected chi connectivity index (χ1v) is 28.7. The number of hydrogen-bond acceptors (Lipinski definition) is 8. The van der Waals surface area contributed by atoms with Crippen LogP contribution in [0, 0.1) is 0 Å². The Kier molecular flexibility index (Phi) is 44.9. The molecular formula is C56H111NO8. The average Bonchev–Trinajstić information content (AvgIpc) is 3.31. The lowest BCUT2D eigenvalue weighted by molar-refractivity contribution is -0.302. The van der Waals surface area contributed by atoms with Crippen molar-refractivity contribution in [1.29, 1.82) is 0 Å². The summed E-state index contributed by atoms with van der Waals surface area (Å²) < 4.78 is 11.3. The van der Waals surface area contributed by atoms with E-state index in [0.29, 0.717) is 12.8 Å². The molecule has 1 aliphatic heterocycles. The van der Waals surface area contributed by atoms with E-state index in [1.807, 2.05) is 0 Å². The monoisotopic (exact) mass is 926 g/mol. The van der Waals surface area contributed by atoms with E-state index in [0.717, 1.165) is 38.5 Å². The molecule has 0 spiro atoms. The van der Waals surface area contributed by atoms with Gasteiger partial charge >= 0.3 is 0 Å². The van der Waals surface area contributed by atoms with E-state index in [4.69, 9.17) is 9.47 Å². The van der Waals surface area contributed by atoms with Crippen molar-refractivity contribution < 1.29 is 39.8 Å². The van der Waals surface area contributed by atoms with E-state index in [-0.39, 0.29) is 12.5 Å². The minimum absolute atomic E-state index is 0.131. The standard InChI is InChI=1S/C56H111NO8/c1-3-5-7-9-11-13-15-17-19-21-23-25-26-27-29-31-33-35-37-39-41-43-45-50(59)49(48-64-56-55(63)54(62)53(61)51(47-58)65-56)57-52(60)46-44-42-40-38-36-34-32-30-28-24-22-20-18-16-14-12-10-8-6-4-2/h49-51,53-56,58-59,61-63H,3-48H2,1-2H3,(H,57,60). The molecule has 1 heterocycles. The molecule has 0 aliphatic carbocycles. The molecule has 1 fully saturated rings. The molecule has 1 saturated heterocycles. The van der Waals surface area contributed by atoms with Gasteiger partial charge in [-0.3, -0.25) is 4.79 Å². The quantitative estimate of drug-likeness (QED) is 0.0330. The van der Waals surface area contributed by atoms with Crippen LogP contribution in [0.5, 0.6) is 0 Å². The third-order valence-corrected chi connectivity index (χ3v) is 14.2. The molecule has 7 atom stereocenters. The largest absolute Gasteiger partial charge is 0.394 e. The molecule has 388 valence electrons. The predicted octanol–water partition coefficient (Wildman–Crippen LogP) is 13.9. The summed E-state index contributed by atoms with van der Waals surface area (Å²) in [5.41, 5.74) is 0. The third-order valence-electron chi connectivity index (χ3n) is 14.2. The maximum atomic E-state index is 13.1. The number of hydrogen-bond donors (Lipinski definition) is 6. The van der Waals surface area contributed by atoms with Gasteiger partial charge in [0.2, 0.25) is 5.91 Å². The molecule has 0 bridgehead atoms. The van der Waals surface area contributed by atoms with Crippen LogP contribution in [0.2, 0.25) is 0 Å². The maximum Gasteiger partial charge on any atom is 0.220 e. The summed E-state index contributed by atoms with van der Waals surface area (Å²) in [6, 6.07) is -0.713. The summed E-state index contributed by atoms with van der Waals surface area (Å²) >= 11 is 0. The first-order chi connectivity index (χ1) is 31.8. The van der Waals surface area contributed by atoms with Gasteiger partial charge in [-0.25, -0.2) is 0 Å². The number of carbonyl (C=O) groups is 1. The summed E-state index contributed by atoms with van der Waals surface area (Å²) in [5, 5.41) is 54.7. The molecule has 65 heavy (non-hydrogen) atoms. The first kappa shape index (κ1) is 62.2. The van der Waals surface area contributed by atoms with Gasteiger partial charge in [-0.05, 0) is 12.8 Å². The number of nitrogens with one attached hydrogen (secondary N) is 1. The van der Waals surface area contributed by atoms with Crippen LogP contribution in [0.4, 0.5) is 0 Å². The van der Waals surface area contributed by atoms with E-state index in [1.54, 1.807) is 0 Å². The molecule has 9 heteroatoms. The maximum absolute atomic E-state index is 13.1. The highest BCUT2D eigenvalue weighted by molar-refractivity contribution is 5.76. The minimum atomic E-state index is -1.55. The van der Waals surface area contributed by atoms with Crippen LogP contribution in [0.3, 0.4) is 0 Å². The second-order valence-electron chi connectivity index (χ2n) is 20.5.